The van der Waals surface area contributed by atoms with E-state index in [1.165, 1.54) is 0 Å². The van der Waals surface area contributed by atoms with E-state index in [-0.39, 0.29) is 0 Å². The normalized spacial score (nSPS) is 17.5. The summed E-state index contributed by atoms with van der Waals surface area (Å²) in [5.41, 5.74) is 3.46. The zero-order valence-corrected chi connectivity index (χ0v) is 10.5. The lowest BCUT2D eigenvalue weighted by Crippen LogP contribution is -2.23. The largest absolute Gasteiger partial charge is 0.301 e. The number of nitrogens with zero attached hydrogens (tertiary/aromatic N) is 2. The summed E-state index contributed by atoms with van der Waals surface area (Å²) < 4.78 is 0. The first kappa shape index (κ1) is 12.2. The van der Waals surface area contributed by atoms with E-state index in [9.17, 15) is 4.79 Å². The van der Waals surface area contributed by atoms with Gasteiger partial charge in [-0.25, -0.2) is 0 Å². The highest BCUT2D eigenvalue weighted by Crippen LogP contribution is 2.29. The SMILES string of the molecule is O=CN1CCCC1=NNc1cccc(Cl)c1Cl. The Hall–Kier alpha value is -1.26. The third-order valence-corrected chi connectivity index (χ3v) is 3.33. The van der Waals surface area contributed by atoms with Gasteiger partial charge in [-0.2, -0.15) is 5.10 Å². The lowest BCUT2D eigenvalue weighted by Gasteiger charge is -2.10. The molecule has 1 aromatic carbocycles. The summed E-state index contributed by atoms with van der Waals surface area (Å²) in [4.78, 5) is 12.3. The van der Waals surface area contributed by atoms with E-state index >= 15 is 0 Å². The Balaban J connectivity index is 2.14. The van der Waals surface area contributed by atoms with Crippen LogP contribution in [0.25, 0.3) is 0 Å². The summed E-state index contributed by atoms with van der Waals surface area (Å²) in [6.07, 6.45) is 2.50. The predicted octanol–water partition coefficient (Wildman–Crippen LogP) is 2.97. The number of hydrazone groups is 1. The Morgan fingerprint density at radius 3 is 3.00 bits per heavy atom. The van der Waals surface area contributed by atoms with Crippen molar-refractivity contribution in [3.63, 3.8) is 0 Å². The van der Waals surface area contributed by atoms with Crippen molar-refractivity contribution in [2.45, 2.75) is 12.8 Å². The zero-order chi connectivity index (χ0) is 12.3. The fourth-order valence-corrected chi connectivity index (χ4v) is 1.97. The molecule has 1 saturated heterocycles. The van der Waals surface area contributed by atoms with Gasteiger partial charge in [0.25, 0.3) is 0 Å². The Morgan fingerprint density at radius 2 is 2.24 bits per heavy atom. The van der Waals surface area contributed by atoms with Crippen molar-refractivity contribution in [1.82, 2.24) is 4.90 Å². The average Bonchev–Trinajstić information content (AvgIpc) is 2.78. The maximum Gasteiger partial charge on any atom is 0.215 e. The number of carbonyl (C=O) groups is 1. The van der Waals surface area contributed by atoms with E-state index in [0.29, 0.717) is 22.3 Å². The Kier molecular flexibility index (Phi) is 3.86. The van der Waals surface area contributed by atoms with Crippen molar-refractivity contribution in [2.24, 2.45) is 5.10 Å². The number of hydrogen-bond donors (Lipinski definition) is 1. The summed E-state index contributed by atoms with van der Waals surface area (Å²) in [6, 6.07) is 5.26. The molecule has 6 heteroatoms. The maximum atomic E-state index is 10.7. The number of amides is 1. The second-order valence-corrected chi connectivity index (χ2v) is 4.43. The second-order valence-electron chi connectivity index (χ2n) is 3.64. The molecule has 1 aliphatic rings. The summed E-state index contributed by atoms with van der Waals surface area (Å²) >= 11 is 11.9. The zero-order valence-electron chi connectivity index (χ0n) is 8.99. The van der Waals surface area contributed by atoms with E-state index in [1.807, 2.05) is 0 Å². The fourth-order valence-electron chi connectivity index (χ4n) is 1.63. The van der Waals surface area contributed by atoms with Gasteiger partial charge in [0.15, 0.2) is 0 Å². The van der Waals surface area contributed by atoms with Crippen LogP contribution in [0, 0.1) is 0 Å². The number of likely N-dealkylation sites (tertiary alicyclic amines) is 1. The molecule has 1 amide bonds. The van der Waals surface area contributed by atoms with E-state index < -0.39 is 0 Å². The highest BCUT2D eigenvalue weighted by atomic mass is 35.5. The van der Waals surface area contributed by atoms with Gasteiger partial charge < -0.3 is 4.90 Å². The van der Waals surface area contributed by atoms with Crippen LogP contribution in [0.4, 0.5) is 5.69 Å². The second kappa shape index (κ2) is 5.38. The first-order chi connectivity index (χ1) is 8.22. The molecule has 0 radical (unpaired) electrons. The fraction of sp³-hybridized carbons (Fsp3) is 0.273. The molecular weight excluding hydrogens is 261 g/mol. The van der Waals surface area contributed by atoms with Crippen LogP contribution < -0.4 is 5.43 Å². The van der Waals surface area contributed by atoms with Crippen molar-refractivity contribution in [3.8, 4) is 0 Å². The third kappa shape index (κ3) is 2.70. The van der Waals surface area contributed by atoms with Gasteiger partial charge in [0, 0.05) is 13.0 Å². The number of carbonyl (C=O) groups excluding carboxylic acids is 1. The van der Waals surface area contributed by atoms with Gasteiger partial charge in [-0.05, 0) is 18.6 Å². The molecule has 0 saturated carbocycles. The number of amidine groups is 1. The molecular formula is C11H11Cl2N3O. The Morgan fingerprint density at radius 1 is 1.41 bits per heavy atom. The highest BCUT2D eigenvalue weighted by molar-refractivity contribution is 6.43. The van der Waals surface area contributed by atoms with Crippen LogP contribution in [0.3, 0.4) is 0 Å². The minimum absolute atomic E-state index is 0.425. The van der Waals surface area contributed by atoms with Gasteiger partial charge in [0.05, 0.1) is 15.7 Å². The monoisotopic (exact) mass is 271 g/mol. The van der Waals surface area contributed by atoms with Gasteiger partial charge in [0.1, 0.15) is 5.84 Å². The van der Waals surface area contributed by atoms with Gasteiger partial charge in [0.2, 0.25) is 6.41 Å². The predicted molar refractivity (Wildman–Crippen MR) is 69.5 cm³/mol. The standard InChI is InChI=1S/C11H11Cl2N3O/c12-8-3-1-4-9(11(8)13)14-15-10-5-2-6-16(10)7-17/h1,3-4,7,14H,2,5-6H2. The quantitative estimate of drug-likeness (QED) is 0.679. The molecule has 1 aliphatic heterocycles. The first-order valence-electron chi connectivity index (χ1n) is 5.21. The Labute approximate surface area is 109 Å². The first-order valence-corrected chi connectivity index (χ1v) is 5.96. The minimum atomic E-state index is 0.425. The summed E-state index contributed by atoms with van der Waals surface area (Å²) in [5, 5.41) is 5.06. The molecule has 0 unspecified atom stereocenters. The van der Waals surface area contributed by atoms with E-state index in [1.54, 1.807) is 23.1 Å². The number of halogens is 2. The third-order valence-electron chi connectivity index (χ3n) is 2.52. The number of hydrogen-bond acceptors (Lipinski definition) is 3. The van der Waals surface area contributed by atoms with Gasteiger partial charge in [-0.1, -0.05) is 29.3 Å². The van der Waals surface area contributed by atoms with Crippen LogP contribution >= 0.6 is 23.2 Å². The number of anilines is 1. The molecule has 0 atom stereocenters. The molecule has 0 aliphatic carbocycles. The van der Waals surface area contributed by atoms with E-state index in [2.05, 4.69) is 10.5 Å². The van der Waals surface area contributed by atoms with Crippen LogP contribution in [0.2, 0.25) is 10.0 Å². The summed E-state index contributed by atoms with van der Waals surface area (Å²) in [5.74, 6) is 0.719. The van der Waals surface area contributed by atoms with Crippen molar-refractivity contribution >= 4 is 41.1 Å². The minimum Gasteiger partial charge on any atom is -0.301 e. The molecule has 1 aromatic rings. The number of nitrogens with one attached hydrogen (secondary N) is 1. The van der Waals surface area contributed by atoms with E-state index in [0.717, 1.165) is 25.1 Å². The maximum absolute atomic E-state index is 10.7. The van der Waals surface area contributed by atoms with E-state index in [4.69, 9.17) is 23.2 Å². The molecule has 1 heterocycles. The topological polar surface area (TPSA) is 44.7 Å². The molecule has 2 rings (SSSR count). The van der Waals surface area contributed by atoms with Crippen LogP contribution in [0.15, 0.2) is 23.3 Å². The molecule has 0 aromatic heterocycles. The molecule has 1 fully saturated rings. The smallest absolute Gasteiger partial charge is 0.215 e. The van der Waals surface area contributed by atoms with Gasteiger partial charge in [-0.15, -0.1) is 0 Å². The molecule has 0 spiro atoms. The molecule has 17 heavy (non-hydrogen) atoms. The molecule has 90 valence electrons. The van der Waals surface area contributed by atoms with Crippen LogP contribution in [-0.2, 0) is 4.79 Å². The molecule has 0 bridgehead atoms. The summed E-state index contributed by atoms with van der Waals surface area (Å²) in [7, 11) is 0. The lowest BCUT2D eigenvalue weighted by molar-refractivity contribution is -0.114. The van der Waals surface area contributed by atoms with Crippen LogP contribution in [0.5, 0.6) is 0 Å². The Bertz CT molecular complexity index is 462. The van der Waals surface area contributed by atoms with Gasteiger partial charge >= 0.3 is 0 Å². The van der Waals surface area contributed by atoms with Crippen molar-refractivity contribution < 1.29 is 4.79 Å². The van der Waals surface area contributed by atoms with Crippen molar-refractivity contribution in [3.05, 3.63) is 28.2 Å². The van der Waals surface area contributed by atoms with Crippen LogP contribution in [0.1, 0.15) is 12.8 Å². The molecule has 1 N–H and O–H groups in total. The summed E-state index contributed by atoms with van der Waals surface area (Å²) in [6.45, 7) is 0.716. The van der Waals surface area contributed by atoms with Gasteiger partial charge in [-0.3, -0.25) is 10.2 Å². The van der Waals surface area contributed by atoms with Crippen molar-refractivity contribution in [1.29, 1.82) is 0 Å². The average molecular weight is 272 g/mol. The highest BCUT2D eigenvalue weighted by Gasteiger charge is 2.17. The number of rotatable bonds is 3. The van der Waals surface area contributed by atoms with Crippen LogP contribution in [-0.4, -0.2) is 23.7 Å². The molecule has 4 nitrogen and oxygen atoms in total. The number of benzene rings is 1. The lowest BCUT2D eigenvalue weighted by atomic mass is 10.3. The van der Waals surface area contributed by atoms with Crippen molar-refractivity contribution in [2.75, 3.05) is 12.0 Å².